The predicted molar refractivity (Wildman–Crippen MR) is 52.8 cm³/mol. The van der Waals surface area contributed by atoms with Gasteiger partial charge in [-0.05, 0) is 24.8 Å². The van der Waals surface area contributed by atoms with Crippen molar-refractivity contribution < 1.29 is 4.39 Å². The van der Waals surface area contributed by atoms with Gasteiger partial charge in [0.2, 0.25) is 0 Å². The van der Waals surface area contributed by atoms with Gasteiger partial charge in [0, 0.05) is 0 Å². The molecule has 0 fully saturated rings. The van der Waals surface area contributed by atoms with E-state index in [1.165, 1.54) is 19.3 Å². The largest absolute Gasteiger partial charge is 0.216 e. The fourth-order valence-electron chi connectivity index (χ4n) is 1.17. The van der Waals surface area contributed by atoms with Gasteiger partial charge < -0.3 is 0 Å². The highest BCUT2D eigenvalue weighted by atomic mass is 19.1. The minimum absolute atomic E-state index is 0.697. The summed E-state index contributed by atoms with van der Waals surface area (Å²) in [5, 5.41) is 0. The first-order chi connectivity index (χ1) is 5.85. The molecule has 0 heterocycles. The van der Waals surface area contributed by atoms with Gasteiger partial charge in [-0.3, -0.25) is 0 Å². The van der Waals surface area contributed by atoms with Crippen LogP contribution in [0.2, 0.25) is 0 Å². The molecule has 0 aromatic carbocycles. The first kappa shape index (κ1) is 11.4. The molecule has 0 N–H and O–H groups in total. The molecule has 0 aliphatic carbocycles. The van der Waals surface area contributed by atoms with E-state index in [1.807, 2.05) is 0 Å². The van der Waals surface area contributed by atoms with Gasteiger partial charge in [-0.25, -0.2) is 4.39 Å². The van der Waals surface area contributed by atoms with E-state index < -0.39 is 0 Å². The van der Waals surface area contributed by atoms with Crippen molar-refractivity contribution in [3.05, 3.63) is 24.6 Å². The summed E-state index contributed by atoms with van der Waals surface area (Å²) in [6.07, 6.45) is 8.89. The highest BCUT2D eigenvalue weighted by Gasteiger charge is 1.94. The molecule has 0 aliphatic rings. The highest BCUT2D eigenvalue weighted by Crippen LogP contribution is 2.13. The predicted octanol–water partition coefficient (Wildman–Crippen LogP) is 4.39. The molecule has 1 heteroatoms. The summed E-state index contributed by atoms with van der Waals surface area (Å²) in [4.78, 5) is 0. The van der Waals surface area contributed by atoms with Crippen LogP contribution in [0.3, 0.4) is 0 Å². The normalized spacial score (nSPS) is 11.7. The van der Waals surface area contributed by atoms with Gasteiger partial charge in [0.1, 0.15) is 0 Å². The maximum absolute atomic E-state index is 12.1. The van der Waals surface area contributed by atoms with Crippen LogP contribution < -0.4 is 0 Å². The van der Waals surface area contributed by atoms with E-state index in [0.29, 0.717) is 6.42 Å². The van der Waals surface area contributed by atoms with E-state index in [1.54, 1.807) is 6.08 Å². The molecule has 0 bridgehead atoms. The fraction of sp³-hybridized carbons (Fsp3) is 0.636. The maximum Gasteiger partial charge on any atom is 0.0862 e. The monoisotopic (exact) mass is 170 g/mol. The molecular weight excluding hydrogens is 151 g/mol. The summed E-state index contributed by atoms with van der Waals surface area (Å²) in [5.41, 5.74) is 0.876. The van der Waals surface area contributed by atoms with Crippen molar-refractivity contribution in [1.29, 1.82) is 0 Å². The fourth-order valence-corrected chi connectivity index (χ4v) is 1.17. The van der Waals surface area contributed by atoms with E-state index >= 15 is 0 Å². The number of halogens is 1. The van der Waals surface area contributed by atoms with Crippen LogP contribution in [0.4, 0.5) is 4.39 Å². The standard InChI is InChI=1S/C11H19F/c1-3-5-6-7-9-11(10-12)8-4-2/h4,10H,2-3,5-9H2,1H3/b11-10-. The van der Waals surface area contributed by atoms with Crippen LogP contribution in [0.1, 0.15) is 45.4 Å². The molecule has 0 atom stereocenters. The summed E-state index contributed by atoms with van der Waals surface area (Å²) >= 11 is 0. The molecule has 70 valence electrons. The Morgan fingerprint density at radius 1 is 1.33 bits per heavy atom. The molecule has 0 amide bonds. The molecule has 0 saturated heterocycles. The molecule has 0 radical (unpaired) electrons. The van der Waals surface area contributed by atoms with E-state index in [0.717, 1.165) is 24.7 Å². The van der Waals surface area contributed by atoms with Crippen LogP contribution in [0, 0.1) is 0 Å². The van der Waals surface area contributed by atoms with E-state index in [2.05, 4.69) is 13.5 Å². The Labute approximate surface area is 75.2 Å². The lowest BCUT2D eigenvalue weighted by Gasteiger charge is -2.01. The first-order valence-electron chi connectivity index (χ1n) is 4.74. The lowest BCUT2D eigenvalue weighted by molar-refractivity contribution is 0.640. The van der Waals surface area contributed by atoms with Crippen LogP contribution in [-0.2, 0) is 0 Å². The zero-order valence-corrected chi connectivity index (χ0v) is 7.98. The second kappa shape index (κ2) is 8.51. The van der Waals surface area contributed by atoms with Crippen LogP contribution in [0.15, 0.2) is 24.6 Å². The molecule has 0 rings (SSSR count). The molecule has 0 aromatic rings. The third-order valence-electron chi connectivity index (χ3n) is 1.91. The SMILES string of the molecule is C=CC/C(=C/F)CCCCCC. The van der Waals surface area contributed by atoms with Crippen LogP contribution in [0.25, 0.3) is 0 Å². The third-order valence-corrected chi connectivity index (χ3v) is 1.91. The van der Waals surface area contributed by atoms with Crippen molar-refractivity contribution in [1.82, 2.24) is 0 Å². The molecule has 12 heavy (non-hydrogen) atoms. The lowest BCUT2D eigenvalue weighted by atomic mass is 10.1. The van der Waals surface area contributed by atoms with Crippen molar-refractivity contribution in [2.45, 2.75) is 45.4 Å². The van der Waals surface area contributed by atoms with E-state index in [9.17, 15) is 4.39 Å². The summed E-state index contributed by atoms with van der Waals surface area (Å²) in [6, 6.07) is 0. The summed E-state index contributed by atoms with van der Waals surface area (Å²) < 4.78 is 12.1. The second-order valence-electron chi connectivity index (χ2n) is 3.07. The Morgan fingerprint density at radius 2 is 2.08 bits per heavy atom. The van der Waals surface area contributed by atoms with Gasteiger partial charge in [0.25, 0.3) is 0 Å². The Kier molecular flexibility index (Phi) is 8.09. The average Bonchev–Trinajstić information content (AvgIpc) is 2.10. The molecule has 0 spiro atoms. The third kappa shape index (κ3) is 6.14. The average molecular weight is 170 g/mol. The molecule has 0 nitrogen and oxygen atoms in total. The molecule has 0 aliphatic heterocycles. The van der Waals surface area contributed by atoms with Gasteiger partial charge >= 0.3 is 0 Å². The number of hydrogen-bond donors (Lipinski definition) is 0. The van der Waals surface area contributed by atoms with Gasteiger partial charge in [-0.15, -0.1) is 6.58 Å². The topological polar surface area (TPSA) is 0 Å². The zero-order chi connectivity index (χ0) is 9.23. The van der Waals surface area contributed by atoms with Gasteiger partial charge in [0.15, 0.2) is 0 Å². The van der Waals surface area contributed by atoms with Crippen molar-refractivity contribution in [3.8, 4) is 0 Å². The minimum atomic E-state index is 0.697. The molecular formula is C11H19F. The van der Waals surface area contributed by atoms with E-state index in [-0.39, 0.29) is 0 Å². The Balaban J connectivity index is 3.39. The number of allylic oxidation sites excluding steroid dienone is 2. The van der Waals surface area contributed by atoms with Gasteiger partial charge in [-0.2, -0.15) is 0 Å². The number of hydrogen-bond acceptors (Lipinski definition) is 0. The summed E-state index contributed by atoms with van der Waals surface area (Å²) in [5.74, 6) is 0. The zero-order valence-electron chi connectivity index (χ0n) is 7.98. The van der Waals surface area contributed by atoms with Crippen molar-refractivity contribution in [3.63, 3.8) is 0 Å². The van der Waals surface area contributed by atoms with Crippen molar-refractivity contribution in [2.75, 3.05) is 0 Å². The van der Waals surface area contributed by atoms with Crippen LogP contribution >= 0.6 is 0 Å². The van der Waals surface area contributed by atoms with Crippen LogP contribution in [0.5, 0.6) is 0 Å². The Hall–Kier alpha value is -0.590. The smallest absolute Gasteiger partial charge is 0.0862 e. The summed E-state index contributed by atoms with van der Waals surface area (Å²) in [7, 11) is 0. The Bertz CT molecular complexity index is 136. The lowest BCUT2D eigenvalue weighted by Crippen LogP contribution is -1.82. The van der Waals surface area contributed by atoms with Crippen molar-refractivity contribution in [2.24, 2.45) is 0 Å². The van der Waals surface area contributed by atoms with Gasteiger partial charge in [0.05, 0.1) is 6.33 Å². The first-order valence-corrected chi connectivity index (χ1v) is 4.74. The second-order valence-corrected chi connectivity index (χ2v) is 3.07. The quantitative estimate of drug-likeness (QED) is 0.393. The van der Waals surface area contributed by atoms with E-state index in [4.69, 9.17) is 0 Å². The van der Waals surface area contributed by atoms with Crippen molar-refractivity contribution >= 4 is 0 Å². The molecule has 0 saturated carbocycles. The Morgan fingerprint density at radius 3 is 2.58 bits per heavy atom. The number of unbranched alkanes of at least 4 members (excludes halogenated alkanes) is 3. The number of rotatable bonds is 7. The molecule has 0 unspecified atom stereocenters. The summed E-state index contributed by atoms with van der Waals surface area (Å²) in [6.45, 7) is 5.76. The van der Waals surface area contributed by atoms with Crippen LogP contribution in [-0.4, -0.2) is 0 Å². The molecule has 0 aromatic heterocycles. The highest BCUT2D eigenvalue weighted by molar-refractivity contribution is 5.02. The minimum Gasteiger partial charge on any atom is -0.216 e. The van der Waals surface area contributed by atoms with Gasteiger partial charge in [-0.1, -0.05) is 32.3 Å². The maximum atomic E-state index is 12.1.